The molecule has 0 fully saturated rings. The Morgan fingerprint density at radius 3 is 2.80 bits per heavy atom. The van der Waals surface area contributed by atoms with Crippen molar-refractivity contribution in [3.63, 3.8) is 0 Å². The van der Waals surface area contributed by atoms with Gasteiger partial charge in [0.2, 0.25) is 0 Å². The van der Waals surface area contributed by atoms with E-state index in [0.29, 0.717) is 5.69 Å². The molecule has 0 N–H and O–H groups in total. The summed E-state index contributed by atoms with van der Waals surface area (Å²) in [6.45, 7) is 5.92. The maximum atomic E-state index is 11.5. The molecule has 0 aliphatic heterocycles. The van der Waals surface area contributed by atoms with E-state index < -0.39 is 5.97 Å². The van der Waals surface area contributed by atoms with E-state index in [4.69, 9.17) is 4.74 Å². The number of hydrogen-bond acceptors (Lipinski definition) is 3. The van der Waals surface area contributed by atoms with Crippen LogP contribution in [0.25, 0.3) is 17.3 Å². The third-order valence-electron chi connectivity index (χ3n) is 3.18. The van der Waals surface area contributed by atoms with Crippen LogP contribution < -0.4 is 0 Å². The Balaban J connectivity index is 2.46. The molecule has 2 rings (SSSR count). The van der Waals surface area contributed by atoms with Crippen molar-refractivity contribution in [2.75, 3.05) is 7.11 Å². The Bertz CT molecular complexity index is 647. The molecule has 1 heterocycles. The Kier molecular flexibility index (Phi) is 4.31. The maximum absolute atomic E-state index is 11.5. The Hall–Kier alpha value is -2.42. The summed E-state index contributed by atoms with van der Waals surface area (Å²) in [4.78, 5) is 15.9. The van der Waals surface area contributed by atoms with E-state index in [1.54, 1.807) is 6.07 Å². The second kappa shape index (κ2) is 6.15. The van der Waals surface area contributed by atoms with Crippen molar-refractivity contribution in [3.8, 4) is 11.3 Å². The van der Waals surface area contributed by atoms with Crippen molar-refractivity contribution in [2.24, 2.45) is 0 Å². The molecular formula is C17H17NO2. The summed E-state index contributed by atoms with van der Waals surface area (Å²) in [5.74, 6) is -0.426. The molecular weight excluding hydrogens is 250 g/mol. The number of aromatic nitrogens is 1. The number of rotatable bonds is 4. The quantitative estimate of drug-likeness (QED) is 0.792. The van der Waals surface area contributed by atoms with Gasteiger partial charge in [-0.25, -0.2) is 9.78 Å². The summed E-state index contributed by atoms with van der Waals surface area (Å²) >= 11 is 0. The SMILES string of the molecule is C=Cc1ccc(-c2cccc(C(=O)OC)n2)cc1CC. The molecule has 0 radical (unpaired) electrons. The molecule has 0 bridgehead atoms. The zero-order valence-electron chi connectivity index (χ0n) is 11.7. The van der Waals surface area contributed by atoms with Crippen LogP contribution >= 0.6 is 0 Å². The van der Waals surface area contributed by atoms with Crippen molar-refractivity contribution in [3.05, 3.63) is 59.8 Å². The third-order valence-corrected chi connectivity index (χ3v) is 3.18. The van der Waals surface area contributed by atoms with Crippen molar-refractivity contribution >= 4 is 12.0 Å². The predicted octanol–water partition coefficient (Wildman–Crippen LogP) is 3.74. The molecule has 3 nitrogen and oxygen atoms in total. The summed E-state index contributed by atoms with van der Waals surface area (Å²) in [6.07, 6.45) is 2.77. The first-order valence-corrected chi connectivity index (χ1v) is 6.50. The van der Waals surface area contributed by atoms with Crippen LogP contribution in [-0.4, -0.2) is 18.1 Å². The lowest BCUT2D eigenvalue weighted by Gasteiger charge is -2.08. The second-order valence-electron chi connectivity index (χ2n) is 4.37. The molecule has 0 amide bonds. The molecule has 3 heteroatoms. The number of carbonyl (C=O) groups is 1. The minimum atomic E-state index is -0.426. The molecule has 0 saturated heterocycles. The van der Waals surface area contributed by atoms with Crippen LogP contribution in [0.1, 0.15) is 28.5 Å². The molecule has 0 aliphatic carbocycles. The lowest BCUT2D eigenvalue weighted by atomic mass is 10.00. The highest BCUT2D eigenvalue weighted by atomic mass is 16.5. The van der Waals surface area contributed by atoms with E-state index in [1.807, 2.05) is 30.3 Å². The summed E-state index contributed by atoms with van der Waals surface area (Å²) in [7, 11) is 1.35. The third kappa shape index (κ3) is 2.77. The lowest BCUT2D eigenvalue weighted by molar-refractivity contribution is 0.0594. The van der Waals surface area contributed by atoms with Crippen LogP contribution in [0.4, 0.5) is 0 Å². The molecule has 0 saturated carbocycles. The summed E-state index contributed by atoms with van der Waals surface area (Å²) in [5.41, 5.74) is 4.40. The molecule has 0 aliphatic rings. The highest BCUT2D eigenvalue weighted by Crippen LogP contribution is 2.22. The number of hydrogen-bond donors (Lipinski definition) is 0. The molecule has 2 aromatic rings. The first-order valence-electron chi connectivity index (χ1n) is 6.50. The average molecular weight is 267 g/mol. The standard InChI is InChI=1S/C17H17NO2/c1-4-12-9-10-14(11-13(12)5-2)15-7-6-8-16(18-15)17(19)20-3/h4,6-11H,1,5H2,2-3H3. The summed E-state index contributed by atoms with van der Waals surface area (Å²) < 4.78 is 4.69. The van der Waals surface area contributed by atoms with Crippen LogP contribution in [0.15, 0.2) is 43.0 Å². The van der Waals surface area contributed by atoms with Gasteiger partial charge in [0.15, 0.2) is 0 Å². The molecule has 0 atom stereocenters. The number of aryl methyl sites for hydroxylation is 1. The van der Waals surface area contributed by atoms with Crippen LogP contribution in [-0.2, 0) is 11.2 Å². The number of nitrogens with zero attached hydrogens (tertiary/aromatic N) is 1. The van der Waals surface area contributed by atoms with Gasteiger partial charge < -0.3 is 4.74 Å². The van der Waals surface area contributed by atoms with E-state index in [1.165, 1.54) is 12.7 Å². The number of benzene rings is 1. The Morgan fingerprint density at radius 1 is 1.35 bits per heavy atom. The fourth-order valence-electron chi connectivity index (χ4n) is 2.08. The van der Waals surface area contributed by atoms with Crippen LogP contribution in [0.5, 0.6) is 0 Å². The van der Waals surface area contributed by atoms with Crippen molar-refractivity contribution in [1.82, 2.24) is 4.98 Å². The van der Waals surface area contributed by atoms with Gasteiger partial charge in [0.1, 0.15) is 5.69 Å². The molecule has 1 aromatic carbocycles. The highest BCUT2D eigenvalue weighted by molar-refractivity contribution is 5.87. The van der Waals surface area contributed by atoms with E-state index in [-0.39, 0.29) is 0 Å². The average Bonchev–Trinajstić information content (AvgIpc) is 2.53. The lowest BCUT2D eigenvalue weighted by Crippen LogP contribution is -2.04. The van der Waals surface area contributed by atoms with Gasteiger partial charge in [-0.3, -0.25) is 0 Å². The molecule has 0 unspecified atom stereocenters. The maximum Gasteiger partial charge on any atom is 0.356 e. The van der Waals surface area contributed by atoms with Gasteiger partial charge in [0.05, 0.1) is 12.8 Å². The van der Waals surface area contributed by atoms with Crippen LogP contribution in [0, 0.1) is 0 Å². The normalized spacial score (nSPS) is 10.1. The molecule has 1 aromatic heterocycles. The fraction of sp³-hybridized carbons (Fsp3) is 0.176. The largest absolute Gasteiger partial charge is 0.464 e. The van der Waals surface area contributed by atoms with E-state index >= 15 is 0 Å². The van der Waals surface area contributed by atoms with E-state index in [0.717, 1.165) is 23.2 Å². The fourth-order valence-corrected chi connectivity index (χ4v) is 2.08. The van der Waals surface area contributed by atoms with Gasteiger partial charge in [-0.05, 0) is 35.7 Å². The second-order valence-corrected chi connectivity index (χ2v) is 4.37. The zero-order chi connectivity index (χ0) is 14.5. The Morgan fingerprint density at radius 2 is 2.15 bits per heavy atom. The van der Waals surface area contributed by atoms with Gasteiger partial charge in [0.25, 0.3) is 0 Å². The van der Waals surface area contributed by atoms with Gasteiger partial charge in [-0.15, -0.1) is 0 Å². The first kappa shape index (κ1) is 14.0. The molecule has 0 spiro atoms. The minimum Gasteiger partial charge on any atom is -0.464 e. The smallest absolute Gasteiger partial charge is 0.356 e. The minimum absolute atomic E-state index is 0.316. The van der Waals surface area contributed by atoms with Crippen molar-refractivity contribution in [2.45, 2.75) is 13.3 Å². The zero-order valence-corrected chi connectivity index (χ0v) is 11.7. The molecule has 20 heavy (non-hydrogen) atoms. The van der Waals surface area contributed by atoms with Crippen LogP contribution in [0.2, 0.25) is 0 Å². The summed E-state index contributed by atoms with van der Waals surface area (Å²) in [6, 6.07) is 11.4. The number of carbonyl (C=O) groups excluding carboxylic acids is 1. The first-order chi connectivity index (χ1) is 9.69. The van der Waals surface area contributed by atoms with Gasteiger partial charge >= 0.3 is 5.97 Å². The molecule has 102 valence electrons. The van der Waals surface area contributed by atoms with Crippen molar-refractivity contribution < 1.29 is 9.53 Å². The number of ether oxygens (including phenoxy) is 1. The Labute approximate surface area is 118 Å². The van der Waals surface area contributed by atoms with Crippen molar-refractivity contribution in [1.29, 1.82) is 0 Å². The predicted molar refractivity (Wildman–Crippen MR) is 80.5 cm³/mol. The number of methoxy groups -OCH3 is 1. The van der Waals surface area contributed by atoms with Gasteiger partial charge in [-0.2, -0.15) is 0 Å². The number of pyridine rings is 1. The van der Waals surface area contributed by atoms with Gasteiger partial charge in [0, 0.05) is 5.56 Å². The van der Waals surface area contributed by atoms with Crippen LogP contribution in [0.3, 0.4) is 0 Å². The summed E-state index contributed by atoms with van der Waals surface area (Å²) in [5, 5.41) is 0. The monoisotopic (exact) mass is 267 g/mol. The highest BCUT2D eigenvalue weighted by Gasteiger charge is 2.09. The topological polar surface area (TPSA) is 39.2 Å². The van der Waals surface area contributed by atoms with E-state index in [2.05, 4.69) is 24.6 Å². The van der Waals surface area contributed by atoms with Gasteiger partial charge in [-0.1, -0.05) is 37.8 Å². The van der Waals surface area contributed by atoms with E-state index in [9.17, 15) is 4.79 Å². The number of esters is 1.